The molecule has 3 heteroatoms. The van der Waals surface area contributed by atoms with E-state index in [4.69, 9.17) is 4.74 Å². The summed E-state index contributed by atoms with van der Waals surface area (Å²) in [4.78, 5) is 4.29. The summed E-state index contributed by atoms with van der Waals surface area (Å²) in [5.74, 6) is 0.0950. The van der Waals surface area contributed by atoms with Gasteiger partial charge in [-0.25, -0.2) is 0 Å². The first-order valence-corrected chi connectivity index (χ1v) is 6.48. The number of aliphatic hydroxyl groups excluding tert-OH is 1. The van der Waals surface area contributed by atoms with Gasteiger partial charge in [0.05, 0.1) is 12.2 Å². The van der Waals surface area contributed by atoms with Crippen LogP contribution in [0.25, 0.3) is 0 Å². The van der Waals surface area contributed by atoms with Crippen molar-refractivity contribution >= 4 is 0 Å². The molecule has 3 unspecified atom stereocenters. The second-order valence-corrected chi connectivity index (χ2v) is 4.82. The average Bonchev–Trinajstić information content (AvgIpc) is 2.89. The molecule has 2 rings (SSSR count). The van der Waals surface area contributed by atoms with Crippen LogP contribution in [0.5, 0.6) is 0 Å². The SMILES string of the molecule is CC(c1ccccn1)C(O)CCC1CCCO1. The first kappa shape index (κ1) is 12.5. The highest BCUT2D eigenvalue weighted by atomic mass is 16.5. The third-order valence-corrected chi connectivity index (χ3v) is 3.54. The van der Waals surface area contributed by atoms with Gasteiger partial charge in [-0.2, -0.15) is 0 Å². The van der Waals surface area contributed by atoms with E-state index in [1.54, 1.807) is 6.20 Å². The molecule has 1 aliphatic heterocycles. The fourth-order valence-corrected chi connectivity index (χ4v) is 2.32. The van der Waals surface area contributed by atoms with Crippen LogP contribution in [-0.2, 0) is 4.74 Å². The maximum Gasteiger partial charge on any atom is 0.0622 e. The number of hydrogen-bond donors (Lipinski definition) is 1. The molecule has 17 heavy (non-hydrogen) atoms. The van der Waals surface area contributed by atoms with Crippen LogP contribution in [0.4, 0.5) is 0 Å². The molecule has 0 amide bonds. The molecule has 3 nitrogen and oxygen atoms in total. The molecular weight excluding hydrogens is 214 g/mol. The second kappa shape index (κ2) is 6.12. The van der Waals surface area contributed by atoms with E-state index in [1.807, 2.05) is 25.1 Å². The van der Waals surface area contributed by atoms with E-state index in [2.05, 4.69) is 4.98 Å². The fourth-order valence-electron chi connectivity index (χ4n) is 2.32. The lowest BCUT2D eigenvalue weighted by atomic mass is 9.95. The van der Waals surface area contributed by atoms with Crippen molar-refractivity contribution in [2.45, 2.75) is 50.7 Å². The minimum atomic E-state index is -0.325. The number of ether oxygens (including phenoxy) is 1. The molecule has 0 bridgehead atoms. The van der Waals surface area contributed by atoms with Crippen LogP contribution in [-0.4, -0.2) is 28.9 Å². The maximum absolute atomic E-state index is 10.1. The summed E-state index contributed by atoms with van der Waals surface area (Å²) in [6.07, 6.45) is 5.87. The Bertz CT molecular complexity index is 322. The molecule has 94 valence electrons. The van der Waals surface area contributed by atoms with Gasteiger partial charge in [-0.05, 0) is 37.8 Å². The Labute approximate surface area is 103 Å². The van der Waals surface area contributed by atoms with Gasteiger partial charge in [0.15, 0.2) is 0 Å². The van der Waals surface area contributed by atoms with Crippen molar-refractivity contribution in [1.82, 2.24) is 4.98 Å². The Morgan fingerprint density at radius 3 is 3.06 bits per heavy atom. The normalized spacial score (nSPS) is 23.5. The smallest absolute Gasteiger partial charge is 0.0622 e. The molecular formula is C14H21NO2. The van der Waals surface area contributed by atoms with Crippen molar-refractivity contribution in [3.05, 3.63) is 30.1 Å². The van der Waals surface area contributed by atoms with Crippen LogP contribution in [0.2, 0.25) is 0 Å². The summed E-state index contributed by atoms with van der Waals surface area (Å²) in [5.41, 5.74) is 0.965. The molecule has 0 saturated carbocycles. The molecule has 1 aliphatic rings. The lowest BCUT2D eigenvalue weighted by Gasteiger charge is -2.19. The summed E-state index contributed by atoms with van der Waals surface area (Å²) in [6.45, 7) is 2.92. The van der Waals surface area contributed by atoms with E-state index in [-0.39, 0.29) is 12.0 Å². The van der Waals surface area contributed by atoms with E-state index in [0.717, 1.165) is 38.0 Å². The van der Waals surface area contributed by atoms with Gasteiger partial charge in [0, 0.05) is 24.4 Å². The lowest BCUT2D eigenvalue weighted by Crippen LogP contribution is -2.19. The van der Waals surface area contributed by atoms with Crippen molar-refractivity contribution in [2.75, 3.05) is 6.61 Å². The molecule has 1 N–H and O–H groups in total. The zero-order chi connectivity index (χ0) is 12.1. The standard InChI is InChI=1S/C14H21NO2/c1-11(13-6-2-3-9-15-13)14(16)8-7-12-5-4-10-17-12/h2-3,6,9,11-12,14,16H,4-5,7-8,10H2,1H3. The number of nitrogens with zero attached hydrogens (tertiary/aromatic N) is 1. The zero-order valence-corrected chi connectivity index (χ0v) is 10.4. The van der Waals surface area contributed by atoms with Crippen molar-refractivity contribution in [3.63, 3.8) is 0 Å². The molecule has 1 saturated heterocycles. The van der Waals surface area contributed by atoms with Gasteiger partial charge in [-0.1, -0.05) is 13.0 Å². The van der Waals surface area contributed by atoms with Gasteiger partial charge in [0.2, 0.25) is 0 Å². The molecule has 1 aromatic rings. The number of pyridine rings is 1. The molecule has 1 aromatic heterocycles. The Balaban J connectivity index is 1.80. The van der Waals surface area contributed by atoms with Crippen molar-refractivity contribution in [3.8, 4) is 0 Å². The number of aromatic nitrogens is 1. The van der Waals surface area contributed by atoms with E-state index >= 15 is 0 Å². The number of aliphatic hydroxyl groups is 1. The number of rotatable bonds is 5. The molecule has 0 spiro atoms. The minimum absolute atomic E-state index is 0.0950. The minimum Gasteiger partial charge on any atom is -0.392 e. The van der Waals surface area contributed by atoms with Gasteiger partial charge in [0.1, 0.15) is 0 Å². The summed E-state index contributed by atoms with van der Waals surface area (Å²) < 4.78 is 5.56. The van der Waals surface area contributed by atoms with Crippen LogP contribution in [0.15, 0.2) is 24.4 Å². The molecule has 0 aromatic carbocycles. The largest absolute Gasteiger partial charge is 0.392 e. The Morgan fingerprint density at radius 2 is 2.41 bits per heavy atom. The van der Waals surface area contributed by atoms with Crippen LogP contribution in [0.3, 0.4) is 0 Å². The monoisotopic (exact) mass is 235 g/mol. The van der Waals surface area contributed by atoms with E-state index in [0.29, 0.717) is 6.10 Å². The van der Waals surface area contributed by atoms with Crippen molar-refractivity contribution < 1.29 is 9.84 Å². The second-order valence-electron chi connectivity index (χ2n) is 4.82. The van der Waals surface area contributed by atoms with Gasteiger partial charge < -0.3 is 9.84 Å². The van der Waals surface area contributed by atoms with Gasteiger partial charge in [-0.15, -0.1) is 0 Å². The van der Waals surface area contributed by atoms with E-state index < -0.39 is 0 Å². The van der Waals surface area contributed by atoms with Crippen LogP contribution < -0.4 is 0 Å². The molecule has 1 fully saturated rings. The average molecular weight is 235 g/mol. The Kier molecular flexibility index (Phi) is 4.51. The highest BCUT2D eigenvalue weighted by molar-refractivity contribution is 5.09. The highest BCUT2D eigenvalue weighted by Gasteiger charge is 2.21. The van der Waals surface area contributed by atoms with Crippen LogP contribution >= 0.6 is 0 Å². The third kappa shape index (κ3) is 3.51. The van der Waals surface area contributed by atoms with Crippen LogP contribution in [0, 0.1) is 0 Å². The quantitative estimate of drug-likeness (QED) is 0.852. The highest BCUT2D eigenvalue weighted by Crippen LogP contribution is 2.23. The lowest BCUT2D eigenvalue weighted by molar-refractivity contribution is 0.0743. The van der Waals surface area contributed by atoms with Gasteiger partial charge in [0.25, 0.3) is 0 Å². The Hall–Kier alpha value is -0.930. The molecule has 0 aliphatic carbocycles. The summed E-state index contributed by atoms with van der Waals surface area (Å²) in [5, 5.41) is 10.1. The summed E-state index contributed by atoms with van der Waals surface area (Å²) in [7, 11) is 0. The van der Waals surface area contributed by atoms with Gasteiger partial charge >= 0.3 is 0 Å². The van der Waals surface area contributed by atoms with Crippen molar-refractivity contribution in [2.24, 2.45) is 0 Å². The predicted molar refractivity (Wildman–Crippen MR) is 66.9 cm³/mol. The Morgan fingerprint density at radius 1 is 1.53 bits per heavy atom. The maximum atomic E-state index is 10.1. The molecule has 3 atom stereocenters. The zero-order valence-electron chi connectivity index (χ0n) is 10.4. The molecule has 2 heterocycles. The first-order chi connectivity index (χ1) is 8.27. The summed E-state index contributed by atoms with van der Waals surface area (Å²) >= 11 is 0. The predicted octanol–water partition coefficient (Wildman–Crippen LogP) is 2.51. The van der Waals surface area contributed by atoms with E-state index in [9.17, 15) is 5.11 Å². The van der Waals surface area contributed by atoms with Crippen LogP contribution in [0.1, 0.15) is 44.2 Å². The number of hydrogen-bond acceptors (Lipinski definition) is 3. The van der Waals surface area contributed by atoms with Crippen molar-refractivity contribution in [1.29, 1.82) is 0 Å². The molecule has 0 radical (unpaired) electrons. The van der Waals surface area contributed by atoms with E-state index in [1.165, 1.54) is 0 Å². The van der Waals surface area contributed by atoms with Gasteiger partial charge in [-0.3, -0.25) is 4.98 Å². The first-order valence-electron chi connectivity index (χ1n) is 6.48. The third-order valence-electron chi connectivity index (χ3n) is 3.54. The summed E-state index contributed by atoms with van der Waals surface area (Å²) in [6, 6.07) is 5.83. The topological polar surface area (TPSA) is 42.4 Å². The fraction of sp³-hybridized carbons (Fsp3) is 0.643.